The monoisotopic (exact) mass is 150 g/mol. The van der Waals surface area contributed by atoms with Gasteiger partial charge in [-0.2, -0.15) is 0 Å². The van der Waals surface area contributed by atoms with E-state index < -0.39 is 0 Å². The van der Waals surface area contributed by atoms with Gasteiger partial charge >= 0.3 is 0 Å². The first kappa shape index (κ1) is 8.28. The van der Waals surface area contributed by atoms with Crippen LogP contribution in [0, 0.1) is 0 Å². The third kappa shape index (κ3) is 3.19. The summed E-state index contributed by atoms with van der Waals surface area (Å²) in [6, 6.07) is 0. The number of rotatable bonds is 3. The van der Waals surface area contributed by atoms with Crippen LogP contribution in [0.5, 0.6) is 0 Å². The van der Waals surface area contributed by atoms with Gasteiger partial charge in [0.2, 0.25) is 0 Å². The molecule has 0 heterocycles. The quantitative estimate of drug-likeness (QED) is 0.600. The van der Waals surface area contributed by atoms with Gasteiger partial charge in [-0.3, -0.25) is 0 Å². The van der Waals surface area contributed by atoms with Gasteiger partial charge in [-0.25, -0.2) is 0 Å². The lowest BCUT2D eigenvalue weighted by atomic mass is 10.2. The average molecular weight is 150 g/mol. The highest BCUT2D eigenvalue weighted by molar-refractivity contribution is 5.23. The van der Waals surface area contributed by atoms with Crippen molar-refractivity contribution in [2.75, 3.05) is 13.2 Å². The van der Waals surface area contributed by atoms with E-state index in [1.54, 1.807) is 0 Å². The van der Waals surface area contributed by atoms with Gasteiger partial charge < -0.3 is 4.74 Å². The average Bonchev–Trinajstić information content (AvgIpc) is 2.28. The molecule has 1 heteroatoms. The molecule has 0 saturated carbocycles. The highest BCUT2D eigenvalue weighted by Gasteiger charge is 1.94. The molecule has 0 radical (unpaired) electrons. The molecule has 0 aromatic rings. The summed E-state index contributed by atoms with van der Waals surface area (Å²) in [6.45, 7) is 3.58. The molecule has 0 aromatic heterocycles. The maximum atomic E-state index is 5.29. The SMILES string of the molecule is CCOCC1=CC=CC=CC1. The Hall–Kier alpha value is -0.820. The molecule has 1 rings (SSSR count). The zero-order valence-electron chi connectivity index (χ0n) is 6.92. The Morgan fingerprint density at radius 1 is 1.36 bits per heavy atom. The van der Waals surface area contributed by atoms with Gasteiger partial charge in [-0.05, 0) is 18.9 Å². The van der Waals surface area contributed by atoms with Crippen molar-refractivity contribution in [1.29, 1.82) is 0 Å². The molecule has 0 amide bonds. The standard InChI is InChI=1S/C10H14O/c1-2-11-9-10-7-5-3-4-6-8-10/h3-7H,2,8-9H2,1H3. The van der Waals surface area contributed by atoms with Crippen molar-refractivity contribution < 1.29 is 4.74 Å². The van der Waals surface area contributed by atoms with E-state index in [0.717, 1.165) is 19.6 Å². The molecule has 0 atom stereocenters. The van der Waals surface area contributed by atoms with Gasteiger partial charge in [0.05, 0.1) is 6.61 Å². The van der Waals surface area contributed by atoms with E-state index in [2.05, 4.69) is 24.3 Å². The van der Waals surface area contributed by atoms with Gasteiger partial charge in [0.1, 0.15) is 0 Å². The molecule has 0 saturated heterocycles. The summed E-state index contributed by atoms with van der Waals surface area (Å²) in [5, 5.41) is 0. The van der Waals surface area contributed by atoms with Crippen LogP contribution in [-0.4, -0.2) is 13.2 Å². The third-order valence-electron chi connectivity index (χ3n) is 1.56. The zero-order valence-corrected chi connectivity index (χ0v) is 6.92. The van der Waals surface area contributed by atoms with Gasteiger partial charge in [0.25, 0.3) is 0 Å². The second-order valence-corrected chi connectivity index (χ2v) is 2.48. The Balaban J connectivity index is 2.38. The van der Waals surface area contributed by atoms with Crippen molar-refractivity contribution >= 4 is 0 Å². The van der Waals surface area contributed by atoms with Crippen molar-refractivity contribution in [3.63, 3.8) is 0 Å². The lowest BCUT2D eigenvalue weighted by molar-refractivity contribution is 0.170. The fraction of sp³-hybridized carbons (Fsp3) is 0.400. The molecule has 11 heavy (non-hydrogen) atoms. The molecule has 1 nitrogen and oxygen atoms in total. The summed E-state index contributed by atoms with van der Waals surface area (Å²) in [4.78, 5) is 0. The number of ether oxygens (including phenoxy) is 1. The second-order valence-electron chi connectivity index (χ2n) is 2.48. The van der Waals surface area contributed by atoms with E-state index in [1.165, 1.54) is 5.57 Å². The van der Waals surface area contributed by atoms with Crippen LogP contribution >= 0.6 is 0 Å². The van der Waals surface area contributed by atoms with Crippen LogP contribution in [0.3, 0.4) is 0 Å². The molecular weight excluding hydrogens is 136 g/mol. The maximum Gasteiger partial charge on any atom is 0.0682 e. The summed E-state index contributed by atoms with van der Waals surface area (Å²) >= 11 is 0. The molecule has 0 N–H and O–H groups in total. The van der Waals surface area contributed by atoms with Crippen LogP contribution in [0.1, 0.15) is 13.3 Å². The Morgan fingerprint density at radius 3 is 3.09 bits per heavy atom. The van der Waals surface area contributed by atoms with Gasteiger partial charge in [0.15, 0.2) is 0 Å². The van der Waals surface area contributed by atoms with Crippen LogP contribution in [0.15, 0.2) is 36.0 Å². The van der Waals surface area contributed by atoms with Gasteiger partial charge in [0, 0.05) is 6.61 Å². The van der Waals surface area contributed by atoms with Crippen LogP contribution in [0.4, 0.5) is 0 Å². The van der Waals surface area contributed by atoms with Crippen LogP contribution in [0.2, 0.25) is 0 Å². The van der Waals surface area contributed by atoms with Crippen LogP contribution in [-0.2, 0) is 4.74 Å². The van der Waals surface area contributed by atoms with E-state index in [-0.39, 0.29) is 0 Å². The Labute approximate surface area is 68.1 Å². The topological polar surface area (TPSA) is 9.23 Å². The highest BCUT2D eigenvalue weighted by atomic mass is 16.5. The van der Waals surface area contributed by atoms with Crippen molar-refractivity contribution in [3.8, 4) is 0 Å². The molecule has 0 spiro atoms. The molecule has 60 valence electrons. The molecule has 0 aliphatic heterocycles. The number of hydrogen-bond acceptors (Lipinski definition) is 1. The number of allylic oxidation sites excluding steroid dienone is 5. The van der Waals surface area contributed by atoms with Crippen LogP contribution in [0.25, 0.3) is 0 Å². The Kier molecular flexibility index (Phi) is 3.70. The van der Waals surface area contributed by atoms with E-state index in [9.17, 15) is 0 Å². The zero-order chi connectivity index (χ0) is 7.94. The highest BCUT2D eigenvalue weighted by Crippen LogP contribution is 2.06. The minimum Gasteiger partial charge on any atom is -0.377 e. The number of hydrogen-bond donors (Lipinski definition) is 0. The summed E-state index contributed by atoms with van der Waals surface area (Å²) in [5.74, 6) is 0. The van der Waals surface area contributed by atoms with E-state index in [4.69, 9.17) is 4.74 Å². The summed E-state index contributed by atoms with van der Waals surface area (Å²) in [5.41, 5.74) is 1.34. The first-order chi connectivity index (χ1) is 5.43. The lowest BCUT2D eigenvalue weighted by Crippen LogP contribution is -1.96. The minimum absolute atomic E-state index is 0.769. The first-order valence-corrected chi connectivity index (χ1v) is 4.02. The largest absolute Gasteiger partial charge is 0.377 e. The van der Waals surface area contributed by atoms with Crippen LogP contribution < -0.4 is 0 Å². The van der Waals surface area contributed by atoms with Crippen molar-refractivity contribution in [2.24, 2.45) is 0 Å². The van der Waals surface area contributed by atoms with E-state index in [1.807, 2.05) is 13.0 Å². The molecule has 1 aliphatic carbocycles. The minimum atomic E-state index is 0.769. The predicted octanol–water partition coefficient (Wildman–Crippen LogP) is 2.47. The van der Waals surface area contributed by atoms with Gasteiger partial charge in [-0.1, -0.05) is 30.4 Å². The van der Waals surface area contributed by atoms with Gasteiger partial charge in [-0.15, -0.1) is 0 Å². The summed E-state index contributed by atoms with van der Waals surface area (Å²) in [7, 11) is 0. The summed E-state index contributed by atoms with van der Waals surface area (Å²) in [6.07, 6.45) is 11.4. The fourth-order valence-electron chi connectivity index (χ4n) is 0.962. The Morgan fingerprint density at radius 2 is 2.27 bits per heavy atom. The lowest BCUT2D eigenvalue weighted by Gasteiger charge is -2.02. The molecule has 1 aliphatic rings. The van der Waals surface area contributed by atoms with E-state index in [0.29, 0.717) is 0 Å². The third-order valence-corrected chi connectivity index (χ3v) is 1.56. The van der Waals surface area contributed by atoms with Crippen molar-refractivity contribution in [2.45, 2.75) is 13.3 Å². The molecule has 0 fully saturated rings. The molecule has 0 bridgehead atoms. The second kappa shape index (κ2) is 4.91. The molecule has 0 unspecified atom stereocenters. The Bertz CT molecular complexity index is 187. The normalized spacial score (nSPS) is 16.3. The predicted molar refractivity (Wildman–Crippen MR) is 47.5 cm³/mol. The first-order valence-electron chi connectivity index (χ1n) is 4.02. The van der Waals surface area contributed by atoms with E-state index >= 15 is 0 Å². The van der Waals surface area contributed by atoms with Crippen molar-refractivity contribution in [3.05, 3.63) is 36.0 Å². The van der Waals surface area contributed by atoms with Crippen molar-refractivity contribution in [1.82, 2.24) is 0 Å². The smallest absolute Gasteiger partial charge is 0.0682 e. The maximum absolute atomic E-state index is 5.29. The molecule has 0 aromatic carbocycles. The summed E-state index contributed by atoms with van der Waals surface area (Å²) < 4.78 is 5.29. The molecular formula is C10H14O. The fourth-order valence-corrected chi connectivity index (χ4v) is 0.962.